The Morgan fingerprint density at radius 2 is 1.62 bits per heavy atom. The van der Waals surface area contributed by atoms with Gasteiger partial charge in [-0.25, -0.2) is 8.42 Å². The molecule has 0 saturated heterocycles. The molecule has 2 N–H and O–H groups in total. The van der Waals surface area contributed by atoms with Gasteiger partial charge in [0, 0.05) is 5.69 Å². The second kappa shape index (κ2) is 7.15. The monoisotopic (exact) mass is 346 g/mol. The lowest BCUT2D eigenvalue weighted by Crippen LogP contribution is -2.41. The van der Waals surface area contributed by atoms with E-state index in [0.29, 0.717) is 5.69 Å². The summed E-state index contributed by atoms with van der Waals surface area (Å²) in [4.78, 5) is 12.4. The lowest BCUT2D eigenvalue weighted by Gasteiger charge is -2.16. The summed E-state index contributed by atoms with van der Waals surface area (Å²) in [5.41, 5.74) is 3.66. The van der Waals surface area contributed by atoms with Crippen molar-refractivity contribution in [3.8, 4) is 0 Å². The lowest BCUT2D eigenvalue weighted by atomic mass is 10.1. The van der Waals surface area contributed by atoms with Crippen LogP contribution in [0.25, 0.3) is 0 Å². The molecule has 2 aromatic carbocycles. The number of anilines is 1. The number of hydrogen-bond donors (Lipinski definition) is 2. The van der Waals surface area contributed by atoms with E-state index in [1.165, 1.54) is 19.1 Å². The summed E-state index contributed by atoms with van der Waals surface area (Å²) in [6, 6.07) is 11.2. The predicted octanol–water partition coefficient (Wildman–Crippen LogP) is 2.92. The van der Waals surface area contributed by atoms with Crippen LogP contribution < -0.4 is 10.0 Å². The molecule has 2 aromatic rings. The molecule has 0 fully saturated rings. The first kappa shape index (κ1) is 18.2. The van der Waals surface area contributed by atoms with Gasteiger partial charge in [0.1, 0.15) is 0 Å². The Morgan fingerprint density at radius 3 is 2.25 bits per heavy atom. The molecule has 5 nitrogen and oxygen atoms in total. The highest BCUT2D eigenvalue weighted by Crippen LogP contribution is 2.18. The zero-order valence-corrected chi connectivity index (χ0v) is 15.1. The number of aryl methyl sites for hydroxylation is 2. The van der Waals surface area contributed by atoms with Gasteiger partial charge in [0.15, 0.2) is 0 Å². The van der Waals surface area contributed by atoms with Crippen molar-refractivity contribution in [1.29, 1.82) is 0 Å². The molecule has 0 bridgehead atoms. The average molecular weight is 346 g/mol. The molecule has 1 atom stereocenters. The average Bonchev–Trinajstić information content (AvgIpc) is 2.51. The third-order valence-corrected chi connectivity index (χ3v) is 5.48. The molecule has 24 heavy (non-hydrogen) atoms. The zero-order valence-electron chi connectivity index (χ0n) is 14.3. The summed E-state index contributed by atoms with van der Waals surface area (Å²) in [6.45, 7) is 7.26. The van der Waals surface area contributed by atoms with Crippen LogP contribution in [0.4, 0.5) is 5.69 Å². The molecule has 0 aliphatic rings. The molecule has 0 saturated carbocycles. The van der Waals surface area contributed by atoms with Crippen molar-refractivity contribution >= 4 is 21.6 Å². The minimum absolute atomic E-state index is 0.138. The van der Waals surface area contributed by atoms with Gasteiger partial charge in [0.2, 0.25) is 15.9 Å². The highest BCUT2D eigenvalue weighted by molar-refractivity contribution is 7.89. The van der Waals surface area contributed by atoms with Gasteiger partial charge in [0.25, 0.3) is 0 Å². The van der Waals surface area contributed by atoms with Gasteiger partial charge in [-0.3, -0.25) is 4.79 Å². The van der Waals surface area contributed by atoms with Gasteiger partial charge in [-0.1, -0.05) is 29.8 Å². The molecule has 0 heterocycles. The van der Waals surface area contributed by atoms with E-state index < -0.39 is 22.0 Å². The first-order chi connectivity index (χ1) is 11.2. The molecule has 0 unspecified atom stereocenters. The van der Waals surface area contributed by atoms with Gasteiger partial charge >= 0.3 is 0 Å². The van der Waals surface area contributed by atoms with E-state index in [2.05, 4.69) is 10.0 Å². The van der Waals surface area contributed by atoms with Crippen LogP contribution in [0.1, 0.15) is 23.6 Å². The maximum Gasteiger partial charge on any atom is 0.242 e. The van der Waals surface area contributed by atoms with Crippen LogP contribution in [-0.2, 0) is 14.8 Å². The molecule has 1 amide bonds. The van der Waals surface area contributed by atoms with E-state index in [9.17, 15) is 13.2 Å². The van der Waals surface area contributed by atoms with Crippen LogP contribution in [0.3, 0.4) is 0 Å². The Kier molecular flexibility index (Phi) is 5.41. The third-order valence-electron chi connectivity index (χ3n) is 3.92. The molecule has 0 aliphatic heterocycles. The number of carbonyl (C=O) groups is 1. The molecule has 2 rings (SSSR count). The molecular weight excluding hydrogens is 324 g/mol. The molecular formula is C18H22N2O3S. The number of sulfonamides is 1. The molecule has 128 valence electrons. The van der Waals surface area contributed by atoms with Crippen molar-refractivity contribution in [2.75, 3.05) is 5.32 Å². The van der Waals surface area contributed by atoms with Crippen molar-refractivity contribution < 1.29 is 13.2 Å². The fraction of sp³-hybridized carbons (Fsp3) is 0.278. The molecule has 0 radical (unpaired) electrons. The summed E-state index contributed by atoms with van der Waals surface area (Å²) < 4.78 is 27.1. The van der Waals surface area contributed by atoms with Crippen molar-refractivity contribution in [1.82, 2.24) is 4.72 Å². The van der Waals surface area contributed by atoms with E-state index in [-0.39, 0.29) is 4.90 Å². The van der Waals surface area contributed by atoms with Gasteiger partial charge in [0.05, 0.1) is 10.9 Å². The van der Waals surface area contributed by atoms with Gasteiger partial charge < -0.3 is 5.32 Å². The van der Waals surface area contributed by atoms with Crippen molar-refractivity contribution in [2.24, 2.45) is 0 Å². The Morgan fingerprint density at radius 1 is 1.00 bits per heavy atom. The summed E-state index contributed by atoms with van der Waals surface area (Å²) in [5.74, 6) is -0.403. The van der Waals surface area contributed by atoms with E-state index in [4.69, 9.17) is 0 Å². The van der Waals surface area contributed by atoms with Crippen LogP contribution >= 0.6 is 0 Å². The quantitative estimate of drug-likeness (QED) is 0.874. The summed E-state index contributed by atoms with van der Waals surface area (Å²) >= 11 is 0. The van der Waals surface area contributed by atoms with E-state index in [0.717, 1.165) is 16.7 Å². The second-order valence-electron chi connectivity index (χ2n) is 5.89. The fourth-order valence-corrected chi connectivity index (χ4v) is 3.40. The smallest absolute Gasteiger partial charge is 0.242 e. The number of hydrogen-bond acceptors (Lipinski definition) is 3. The molecule has 0 aromatic heterocycles. The summed E-state index contributed by atoms with van der Waals surface area (Å²) in [5, 5.41) is 2.77. The minimum atomic E-state index is -3.74. The Hall–Kier alpha value is -2.18. The summed E-state index contributed by atoms with van der Waals surface area (Å²) in [7, 11) is -3.74. The maximum atomic E-state index is 12.3. The predicted molar refractivity (Wildman–Crippen MR) is 95.5 cm³/mol. The van der Waals surface area contributed by atoms with Crippen LogP contribution in [0.5, 0.6) is 0 Å². The lowest BCUT2D eigenvalue weighted by molar-refractivity contribution is -0.117. The third kappa shape index (κ3) is 4.21. The SMILES string of the molecule is Cc1ccc(S(=O)(=O)N[C@@H](C)C(=O)Nc2cccc(C)c2C)cc1. The number of carbonyl (C=O) groups excluding carboxylic acids is 1. The maximum absolute atomic E-state index is 12.3. The number of rotatable bonds is 5. The molecule has 0 spiro atoms. The Bertz CT molecular complexity index is 843. The highest BCUT2D eigenvalue weighted by atomic mass is 32.2. The van der Waals surface area contributed by atoms with Crippen LogP contribution in [0.15, 0.2) is 47.4 Å². The fourth-order valence-electron chi connectivity index (χ4n) is 2.20. The van der Waals surface area contributed by atoms with Crippen molar-refractivity contribution in [2.45, 2.75) is 38.6 Å². The topological polar surface area (TPSA) is 75.3 Å². The first-order valence-electron chi connectivity index (χ1n) is 7.67. The molecule has 0 aliphatic carbocycles. The van der Waals surface area contributed by atoms with Crippen molar-refractivity contribution in [3.05, 3.63) is 59.2 Å². The van der Waals surface area contributed by atoms with Crippen molar-refractivity contribution in [3.63, 3.8) is 0 Å². The van der Waals surface area contributed by atoms with E-state index in [1.54, 1.807) is 18.2 Å². The highest BCUT2D eigenvalue weighted by Gasteiger charge is 2.22. The number of nitrogens with one attached hydrogen (secondary N) is 2. The van der Waals surface area contributed by atoms with Gasteiger partial charge in [-0.05, 0) is 57.0 Å². The normalized spacial score (nSPS) is 12.7. The minimum Gasteiger partial charge on any atom is -0.324 e. The zero-order chi connectivity index (χ0) is 17.9. The van der Waals surface area contributed by atoms with Crippen LogP contribution in [0, 0.1) is 20.8 Å². The number of amides is 1. The largest absolute Gasteiger partial charge is 0.324 e. The second-order valence-corrected chi connectivity index (χ2v) is 7.61. The van der Waals surface area contributed by atoms with E-state index >= 15 is 0 Å². The van der Waals surface area contributed by atoms with Crippen LogP contribution in [0.2, 0.25) is 0 Å². The van der Waals surface area contributed by atoms with E-state index in [1.807, 2.05) is 32.9 Å². The van der Waals surface area contributed by atoms with Gasteiger partial charge in [-0.2, -0.15) is 4.72 Å². The standard InChI is InChI=1S/C18H22N2O3S/c1-12-8-10-16(11-9-12)24(22,23)20-15(4)18(21)19-17-7-5-6-13(2)14(17)3/h5-11,15,20H,1-4H3,(H,19,21)/t15-/m0/s1. The van der Waals surface area contributed by atoms with Gasteiger partial charge in [-0.15, -0.1) is 0 Å². The Balaban J connectivity index is 2.11. The Labute approximate surface area is 143 Å². The molecule has 6 heteroatoms. The first-order valence-corrected chi connectivity index (χ1v) is 9.15. The number of benzene rings is 2. The summed E-state index contributed by atoms with van der Waals surface area (Å²) in [6.07, 6.45) is 0. The van der Waals surface area contributed by atoms with Crippen LogP contribution in [-0.4, -0.2) is 20.4 Å².